The van der Waals surface area contributed by atoms with E-state index >= 15 is 0 Å². The second kappa shape index (κ2) is 2.99. The summed E-state index contributed by atoms with van der Waals surface area (Å²) < 4.78 is 1.48. The monoisotopic (exact) mass is 190 g/mol. The van der Waals surface area contributed by atoms with Gasteiger partial charge in [0.2, 0.25) is 0 Å². The van der Waals surface area contributed by atoms with Crippen LogP contribution in [-0.2, 0) is 0 Å². The highest BCUT2D eigenvalue weighted by molar-refractivity contribution is 5.46. The zero-order chi connectivity index (χ0) is 10.1. The molecular weight excluding hydrogens is 180 g/mol. The topological polar surface area (TPSA) is 95.6 Å². The normalized spacial score (nSPS) is 10.4. The van der Waals surface area contributed by atoms with Gasteiger partial charge < -0.3 is 11.5 Å². The van der Waals surface area contributed by atoms with Crippen LogP contribution in [0.1, 0.15) is 5.69 Å². The summed E-state index contributed by atoms with van der Waals surface area (Å²) >= 11 is 0. The van der Waals surface area contributed by atoms with Gasteiger partial charge in [0, 0.05) is 17.8 Å². The van der Waals surface area contributed by atoms with Gasteiger partial charge in [-0.3, -0.25) is 0 Å². The summed E-state index contributed by atoms with van der Waals surface area (Å²) in [7, 11) is 0. The predicted molar refractivity (Wildman–Crippen MR) is 52.7 cm³/mol. The number of nitrogens with zero attached hydrogens (tertiary/aromatic N) is 4. The summed E-state index contributed by atoms with van der Waals surface area (Å²) in [6.45, 7) is 1.87. The minimum Gasteiger partial charge on any atom is -0.383 e. The molecule has 4 N–H and O–H groups in total. The van der Waals surface area contributed by atoms with E-state index in [2.05, 4.69) is 15.1 Å². The molecule has 0 aliphatic carbocycles. The summed E-state index contributed by atoms with van der Waals surface area (Å²) in [6, 6.07) is 3.36. The highest BCUT2D eigenvalue weighted by Crippen LogP contribution is 2.13. The van der Waals surface area contributed by atoms with Crippen molar-refractivity contribution in [3.63, 3.8) is 0 Å². The lowest BCUT2D eigenvalue weighted by molar-refractivity contribution is 0.848. The number of aromatic nitrogens is 4. The standard InChI is InChI=1S/C8H10N6/c1-5-2-8(12-4-11-5)14-7(10)3-6(9)13-14/h2-4H,10H2,1H3,(H2,9,13). The van der Waals surface area contributed by atoms with E-state index in [0.717, 1.165) is 5.69 Å². The Bertz CT molecular complexity index is 461. The van der Waals surface area contributed by atoms with Crippen LogP contribution in [0.4, 0.5) is 11.6 Å². The first-order chi connectivity index (χ1) is 6.66. The number of aryl methyl sites for hydroxylation is 1. The summed E-state index contributed by atoms with van der Waals surface area (Å²) in [4.78, 5) is 8.02. The quantitative estimate of drug-likeness (QED) is 0.666. The third kappa shape index (κ3) is 1.37. The fourth-order valence-electron chi connectivity index (χ4n) is 1.15. The van der Waals surface area contributed by atoms with E-state index in [-0.39, 0.29) is 0 Å². The van der Waals surface area contributed by atoms with Gasteiger partial charge in [0.25, 0.3) is 0 Å². The molecule has 0 spiro atoms. The molecule has 6 nitrogen and oxygen atoms in total. The van der Waals surface area contributed by atoms with Crippen LogP contribution in [0.2, 0.25) is 0 Å². The van der Waals surface area contributed by atoms with Crippen LogP contribution in [0.15, 0.2) is 18.5 Å². The molecule has 0 saturated carbocycles. The Labute approximate surface area is 80.6 Å². The largest absolute Gasteiger partial charge is 0.383 e. The lowest BCUT2D eigenvalue weighted by Gasteiger charge is -2.01. The van der Waals surface area contributed by atoms with Crippen molar-refractivity contribution in [1.29, 1.82) is 0 Å². The molecule has 0 radical (unpaired) electrons. The molecule has 72 valence electrons. The molecule has 0 aromatic carbocycles. The SMILES string of the molecule is Cc1cc(-n2nc(N)cc2N)ncn1. The van der Waals surface area contributed by atoms with E-state index in [0.29, 0.717) is 17.5 Å². The molecule has 0 saturated heterocycles. The molecule has 0 aliphatic rings. The summed E-state index contributed by atoms with van der Waals surface area (Å²) in [5.74, 6) is 1.45. The predicted octanol–water partition coefficient (Wildman–Crippen LogP) is 0.135. The molecule has 0 aliphatic heterocycles. The average Bonchev–Trinajstić information content (AvgIpc) is 2.45. The van der Waals surface area contributed by atoms with Crippen molar-refractivity contribution < 1.29 is 0 Å². The summed E-state index contributed by atoms with van der Waals surface area (Å²) in [6.07, 6.45) is 1.46. The van der Waals surface area contributed by atoms with Crippen molar-refractivity contribution in [3.05, 3.63) is 24.2 Å². The maximum absolute atomic E-state index is 5.68. The Kier molecular flexibility index (Phi) is 1.81. The van der Waals surface area contributed by atoms with Gasteiger partial charge >= 0.3 is 0 Å². The second-order valence-electron chi connectivity index (χ2n) is 2.92. The lowest BCUT2D eigenvalue weighted by atomic mass is 10.4. The van der Waals surface area contributed by atoms with Gasteiger partial charge in [-0.25, -0.2) is 9.97 Å². The van der Waals surface area contributed by atoms with Crippen molar-refractivity contribution in [2.75, 3.05) is 11.5 Å². The molecule has 0 amide bonds. The number of hydrogen-bond acceptors (Lipinski definition) is 5. The van der Waals surface area contributed by atoms with E-state index in [1.165, 1.54) is 11.0 Å². The molecule has 0 bridgehead atoms. The Hall–Kier alpha value is -2.11. The van der Waals surface area contributed by atoms with Crippen LogP contribution >= 0.6 is 0 Å². The van der Waals surface area contributed by atoms with Crippen molar-refractivity contribution in [3.8, 4) is 5.82 Å². The zero-order valence-electron chi connectivity index (χ0n) is 7.68. The maximum atomic E-state index is 5.68. The number of hydrogen-bond donors (Lipinski definition) is 2. The van der Waals surface area contributed by atoms with E-state index in [1.54, 1.807) is 12.1 Å². The van der Waals surface area contributed by atoms with Gasteiger partial charge in [-0.2, -0.15) is 4.68 Å². The first-order valence-electron chi connectivity index (χ1n) is 4.07. The highest BCUT2D eigenvalue weighted by atomic mass is 15.4. The maximum Gasteiger partial charge on any atom is 0.159 e. The van der Waals surface area contributed by atoms with E-state index in [9.17, 15) is 0 Å². The van der Waals surface area contributed by atoms with Gasteiger partial charge in [-0.15, -0.1) is 5.10 Å². The van der Waals surface area contributed by atoms with Crippen molar-refractivity contribution in [2.45, 2.75) is 6.92 Å². The average molecular weight is 190 g/mol. The lowest BCUT2D eigenvalue weighted by Crippen LogP contribution is -2.04. The molecule has 2 rings (SSSR count). The van der Waals surface area contributed by atoms with Crippen molar-refractivity contribution in [1.82, 2.24) is 19.7 Å². The first-order valence-corrected chi connectivity index (χ1v) is 4.07. The van der Waals surface area contributed by atoms with Crippen LogP contribution in [0.3, 0.4) is 0 Å². The van der Waals surface area contributed by atoms with Crippen LogP contribution in [0, 0.1) is 6.92 Å². The number of nitrogens with two attached hydrogens (primary N) is 2. The Morgan fingerprint density at radius 3 is 2.57 bits per heavy atom. The molecular formula is C8H10N6. The van der Waals surface area contributed by atoms with Crippen molar-refractivity contribution >= 4 is 11.6 Å². The molecule has 2 aromatic rings. The van der Waals surface area contributed by atoms with Crippen LogP contribution < -0.4 is 11.5 Å². The van der Waals surface area contributed by atoms with Gasteiger partial charge in [0.05, 0.1) is 0 Å². The second-order valence-corrected chi connectivity index (χ2v) is 2.92. The number of rotatable bonds is 1. The fourth-order valence-corrected chi connectivity index (χ4v) is 1.15. The Morgan fingerprint density at radius 2 is 2.00 bits per heavy atom. The van der Waals surface area contributed by atoms with Crippen LogP contribution in [0.25, 0.3) is 5.82 Å². The Balaban J connectivity index is 2.54. The molecule has 2 heterocycles. The van der Waals surface area contributed by atoms with Crippen LogP contribution in [-0.4, -0.2) is 19.7 Å². The molecule has 6 heteroatoms. The molecule has 0 unspecified atom stereocenters. The number of nitrogen functional groups attached to an aromatic ring is 2. The van der Waals surface area contributed by atoms with Gasteiger partial charge in [0.15, 0.2) is 5.82 Å². The third-order valence-corrected chi connectivity index (χ3v) is 1.76. The first kappa shape index (κ1) is 8.49. The third-order valence-electron chi connectivity index (χ3n) is 1.76. The van der Waals surface area contributed by atoms with E-state index in [4.69, 9.17) is 11.5 Å². The van der Waals surface area contributed by atoms with Crippen LogP contribution in [0.5, 0.6) is 0 Å². The van der Waals surface area contributed by atoms with Crippen molar-refractivity contribution in [2.24, 2.45) is 0 Å². The van der Waals surface area contributed by atoms with Gasteiger partial charge in [-0.1, -0.05) is 0 Å². The molecule has 0 fully saturated rings. The molecule has 14 heavy (non-hydrogen) atoms. The highest BCUT2D eigenvalue weighted by Gasteiger charge is 2.05. The van der Waals surface area contributed by atoms with Gasteiger partial charge in [0.1, 0.15) is 18.0 Å². The van der Waals surface area contributed by atoms with E-state index < -0.39 is 0 Å². The zero-order valence-corrected chi connectivity index (χ0v) is 7.68. The summed E-state index contributed by atoms with van der Waals surface area (Å²) in [5.41, 5.74) is 12.0. The minimum absolute atomic E-state index is 0.374. The smallest absolute Gasteiger partial charge is 0.159 e. The minimum atomic E-state index is 0.374. The fraction of sp³-hybridized carbons (Fsp3) is 0.125. The summed E-state index contributed by atoms with van der Waals surface area (Å²) in [5, 5.41) is 4.00. The Morgan fingerprint density at radius 1 is 1.21 bits per heavy atom. The molecule has 0 atom stereocenters. The number of anilines is 2. The molecule has 2 aromatic heterocycles. The van der Waals surface area contributed by atoms with E-state index in [1.807, 2.05) is 6.92 Å². The van der Waals surface area contributed by atoms with Gasteiger partial charge in [-0.05, 0) is 6.92 Å².